The number of hydrogen-bond donors (Lipinski definition) is 1. The molecule has 4 heteroatoms. The van der Waals surface area contributed by atoms with E-state index in [0.29, 0.717) is 0 Å². The van der Waals surface area contributed by atoms with Crippen LogP contribution < -0.4 is 5.32 Å². The second kappa shape index (κ2) is 8.33. The van der Waals surface area contributed by atoms with Gasteiger partial charge in [0, 0.05) is 12.2 Å². The van der Waals surface area contributed by atoms with Crippen molar-refractivity contribution in [2.75, 3.05) is 33.7 Å². The molecular weight excluding hydrogens is 236 g/mol. The fraction of sp³-hybridized carbons (Fsp3) is 0.800. The molecule has 110 valence electrons. The van der Waals surface area contributed by atoms with Crippen molar-refractivity contribution in [3.8, 4) is 0 Å². The maximum absolute atomic E-state index is 4.67. The molecule has 0 saturated carbocycles. The van der Waals surface area contributed by atoms with Crippen LogP contribution in [0.15, 0.2) is 0 Å². The first-order valence-electron chi connectivity index (χ1n) is 7.44. The van der Waals surface area contributed by atoms with Crippen LogP contribution in [0, 0.1) is 13.8 Å². The van der Waals surface area contributed by atoms with E-state index in [0.717, 1.165) is 32.6 Å². The Morgan fingerprint density at radius 3 is 2.58 bits per heavy atom. The highest BCUT2D eigenvalue weighted by Crippen LogP contribution is 2.14. The van der Waals surface area contributed by atoms with E-state index in [1.54, 1.807) is 0 Å². The predicted molar refractivity (Wildman–Crippen MR) is 81.7 cm³/mol. The molecule has 1 aromatic heterocycles. The van der Waals surface area contributed by atoms with Crippen LogP contribution in [0.2, 0.25) is 0 Å². The molecule has 19 heavy (non-hydrogen) atoms. The number of hydrogen-bond acceptors (Lipinski definition) is 3. The third-order valence-electron chi connectivity index (χ3n) is 3.50. The largest absolute Gasteiger partial charge is 0.317 e. The van der Waals surface area contributed by atoms with Gasteiger partial charge in [0.05, 0.1) is 12.2 Å². The van der Waals surface area contributed by atoms with E-state index in [1.165, 1.54) is 29.8 Å². The minimum Gasteiger partial charge on any atom is -0.317 e. The molecule has 0 aliphatic carbocycles. The third-order valence-corrected chi connectivity index (χ3v) is 3.50. The molecule has 1 aromatic rings. The molecule has 0 atom stereocenters. The highest BCUT2D eigenvalue weighted by atomic mass is 15.3. The Morgan fingerprint density at radius 2 is 1.95 bits per heavy atom. The zero-order valence-electron chi connectivity index (χ0n) is 13.3. The summed E-state index contributed by atoms with van der Waals surface area (Å²) >= 11 is 0. The summed E-state index contributed by atoms with van der Waals surface area (Å²) in [4.78, 5) is 2.20. The van der Waals surface area contributed by atoms with Gasteiger partial charge in [0.25, 0.3) is 0 Å². The van der Waals surface area contributed by atoms with E-state index in [1.807, 2.05) is 0 Å². The molecule has 0 spiro atoms. The second-order valence-electron chi connectivity index (χ2n) is 5.53. The van der Waals surface area contributed by atoms with Crippen molar-refractivity contribution in [2.24, 2.45) is 0 Å². The van der Waals surface area contributed by atoms with E-state index in [-0.39, 0.29) is 0 Å². The van der Waals surface area contributed by atoms with Crippen LogP contribution in [0.5, 0.6) is 0 Å². The zero-order valence-corrected chi connectivity index (χ0v) is 13.3. The van der Waals surface area contributed by atoms with Gasteiger partial charge in [-0.05, 0) is 65.9 Å². The molecule has 0 fully saturated rings. The lowest BCUT2D eigenvalue weighted by Gasteiger charge is -2.10. The molecule has 1 rings (SSSR count). The maximum atomic E-state index is 4.67. The highest BCUT2D eigenvalue weighted by Gasteiger charge is 2.10. The number of aryl methyl sites for hydroxylation is 1. The Kier molecular flexibility index (Phi) is 7.10. The lowest BCUT2D eigenvalue weighted by Crippen LogP contribution is -2.19. The molecule has 0 amide bonds. The van der Waals surface area contributed by atoms with E-state index in [4.69, 9.17) is 0 Å². The summed E-state index contributed by atoms with van der Waals surface area (Å²) in [6, 6.07) is 0. The van der Waals surface area contributed by atoms with Gasteiger partial charge in [-0.2, -0.15) is 5.10 Å². The number of likely N-dealkylation sites (N-methyl/N-ethyl adjacent to an activating group) is 1. The maximum Gasteiger partial charge on any atom is 0.0628 e. The van der Waals surface area contributed by atoms with E-state index in [2.05, 4.69) is 54.9 Å². The summed E-state index contributed by atoms with van der Waals surface area (Å²) in [5, 5.41) is 8.12. The number of nitrogens with zero attached hydrogens (tertiary/aromatic N) is 3. The molecule has 1 N–H and O–H groups in total. The Hall–Kier alpha value is -0.870. The Labute approximate surface area is 118 Å². The first-order chi connectivity index (χ1) is 9.06. The molecule has 0 aromatic carbocycles. The van der Waals surface area contributed by atoms with Gasteiger partial charge < -0.3 is 10.2 Å². The second-order valence-corrected chi connectivity index (χ2v) is 5.53. The van der Waals surface area contributed by atoms with Crippen LogP contribution in [-0.2, 0) is 13.0 Å². The smallest absolute Gasteiger partial charge is 0.0628 e. The first kappa shape index (κ1) is 16.2. The van der Waals surface area contributed by atoms with Gasteiger partial charge >= 0.3 is 0 Å². The van der Waals surface area contributed by atoms with Crippen LogP contribution in [0.1, 0.15) is 36.7 Å². The van der Waals surface area contributed by atoms with Crippen LogP contribution in [0.25, 0.3) is 0 Å². The van der Waals surface area contributed by atoms with Crippen LogP contribution in [0.3, 0.4) is 0 Å². The molecule has 0 saturated heterocycles. The summed E-state index contributed by atoms with van der Waals surface area (Å²) < 4.78 is 2.16. The van der Waals surface area contributed by atoms with Gasteiger partial charge in [0.1, 0.15) is 0 Å². The Bertz CT molecular complexity index is 368. The van der Waals surface area contributed by atoms with Gasteiger partial charge in [-0.15, -0.1) is 0 Å². The minimum atomic E-state index is 0.980. The van der Waals surface area contributed by atoms with Crippen molar-refractivity contribution in [1.29, 1.82) is 0 Å². The summed E-state index contributed by atoms with van der Waals surface area (Å²) in [5.74, 6) is 0. The zero-order chi connectivity index (χ0) is 14.3. The standard InChI is InChI=1S/C15H30N4/c1-6-9-16-10-7-8-15-13(2)17-19(14(15)3)12-11-18(4)5/h16H,6-12H2,1-5H3. The molecule has 0 aliphatic heterocycles. The first-order valence-corrected chi connectivity index (χ1v) is 7.44. The lowest BCUT2D eigenvalue weighted by molar-refractivity contribution is 0.370. The van der Waals surface area contributed by atoms with Crippen molar-refractivity contribution in [3.63, 3.8) is 0 Å². The summed E-state index contributed by atoms with van der Waals surface area (Å²) in [6.07, 6.45) is 3.54. The van der Waals surface area contributed by atoms with Crippen molar-refractivity contribution >= 4 is 0 Å². The number of rotatable bonds is 9. The van der Waals surface area contributed by atoms with Crippen LogP contribution in [0.4, 0.5) is 0 Å². The molecule has 4 nitrogen and oxygen atoms in total. The predicted octanol–water partition coefficient (Wildman–Crippen LogP) is 1.99. The fourth-order valence-electron chi connectivity index (χ4n) is 2.30. The SMILES string of the molecule is CCCNCCCc1c(C)nn(CCN(C)C)c1C. The van der Waals surface area contributed by atoms with Gasteiger partial charge in [-0.3, -0.25) is 4.68 Å². The van der Waals surface area contributed by atoms with E-state index >= 15 is 0 Å². The molecule has 1 heterocycles. The van der Waals surface area contributed by atoms with Crippen LogP contribution in [-0.4, -0.2) is 48.4 Å². The van der Waals surface area contributed by atoms with Gasteiger partial charge in [-0.1, -0.05) is 6.92 Å². The van der Waals surface area contributed by atoms with Crippen molar-refractivity contribution in [2.45, 2.75) is 46.6 Å². The van der Waals surface area contributed by atoms with Gasteiger partial charge in [-0.25, -0.2) is 0 Å². The molecule has 0 aliphatic rings. The topological polar surface area (TPSA) is 33.1 Å². The van der Waals surface area contributed by atoms with Crippen molar-refractivity contribution in [3.05, 3.63) is 17.0 Å². The summed E-state index contributed by atoms with van der Waals surface area (Å²) in [6.45, 7) is 10.8. The summed E-state index contributed by atoms with van der Waals surface area (Å²) in [7, 11) is 4.21. The monoisotopic (exact) mass is 266 g/mol. The van der Waals surface area contributed by atoms with Crippen molar-refractivity contribution < 1.29 is 0 Å². The molecule has 0 radical (unpaired) electrons. The fourth-order valence-corrected chi connectivity index (χ4v) is 2.30. The summed E-state index contributed by atoms with van der Waals surface area (Å²) in [5.41, 5.74) is 3.98. The average molecular weight is 266 g/mol. The number of nitrogens with one attached hydrogen (secondary N) is 1. The van der Waals surface area contributed by atoms with E-state index in [9.17, 15) is 0 Å². The minimum absolute atomic E-state index is 0.980. The highest BCUT2D eigenvalue weighted by molar-refractivity contribution is 5.24. The quantitative estimate of drug-likeness (QED) is 0.694. The molecular formula is C15H30N4. The average Bonchev–Trinajstić information content (AvgIpc) is 2.63. The third kappa shape index (κ3) is 5.33. The number of aromatic nitrogens is 2. The van der Waals surface area contributed by atoms with Crippen LogP contribution >= 0.6 is 0 Å². The normalized spacial score (nSPS) is 11.5. The lowest BCUT2D eigenvalue weighted by atomic mass is 10.1. The Balaban J connectivity index is 2.49. The van der Waals surface area contributed by atoms with E-state index < -0.39 is 0 Å². The van der Waals surface area contributed by atoms with Gasteiger partial charge in [0.2, 0.25) is 0 Å². The molecule has 0 bridgehead atoms. The molecule has 0 unspecified atom stereocenters. The van der Waals surface area contributed by atoms with Gasteiger partial charge in [0.15, 0.2) is 0 Å². The Morgan fingerprint density at radius 1 is 1.21 bits per heavy atom. The van der Waals surface area contributed by atoms with Crippen molar-refractivity contribution in [1.82, 2.24) is 20.0 Å².